The molecule has 31 heavy (non-hydrogen) atoms. The lowest BCUT2D eigenvalue weighted by Crippen LogP contribution is -2.36. The van der Waals surface area contributed by atoms with Crippen molar-refractivity contribution >= 4 is 17.4 Å². The van der Waals surface area contributed by atoms with Crippen LogP contribution in [0.25, 0.3) is 22.4 Å². The molecule has 1 fully saturated rings. The fourth-order valence-electron chi connectivity index (χ4n) is 4.05. The largest absolute Gasteiger partial charge is 0.383 e. The van der Waals surface area contributed by atoms with E-state index < -0.39 is 5.95 Å². The number of carbonyl (C=O) groups excluding carboxylic acids is 1. The van der Waals surface area contributed by atoms with Crippen molar-refractivity contribution in [1.29, 1.82) is 0 Å². The van der Waals surface area contributed by atoms with Gasteiger partial charge in [-0.3, -0.25) is 9.78 Å². The number of nitrogens with one attached hydrogen (secondary N) is 1. The standard InChI is InChI=1S/C23H22FN5O2/c24-21-17(14-1-3-16(4-2-14)29-7-9-31-10-8-29)12-18(22(25)28-21)20-11-15-5-6-26-23(30)19(15)13-27-20/h1-4,11-13H,5-10H2,(H2,25,28)(H,26,30). The average Bonchev–Trinajstić information content (AvgIpc) is 2.80. The van der Waals surface area contributed by atoms with Crippen molar-refractivity contribution in [2.24, 2.45) is 0 Å². The first-order valence-corrected chi connectivity index (χ1v) is 10.3. The van der Waals surface area contributed by atoms with Crippen LogP contribution in [0.15, 0.2) is 42.6 Å². The van der Waals surface area contributed by atoms with E-state index in [1.807, 2.05) is 30.3 Å². The topological polar surface area (TPSA) is 93.4 Å². The second kappa shape index (κ2) is 7.96. The number of ether oxygens (including phenoxy) is 1. The number of aromatic nitrogens is 2. The third-order valence-corrected chi connectivity index (χ3v) is 5.75. The van der Waals surface area contributed by atoms with Crippen LogP contribution in [0, 0.1) is 5.95 Å². The Balaban J connectivity index is 1.50. The fourth-order valence-corrected chi connectivity index (χ4v) is 4.05. The summed E-state index contributed by atoms with van der Waals surface area (Å²) in [5, 5.41) is 2.80. The number of carbonyl (C=O) groups is 1. The Morgan fingerprint density at radius 2 is 1.84 bits per heavy atom. The molecule has 0 unspecified atom stereocenters. The van der Waals surface area contributed by atoms with E-state index in [2.05, 4.69) is 20.2 Å². The van der Waals surface area contributed by atoms with Gasteiger partial charge in [0.2, 0.25) is 5.95 Å². The van der Waals surface area contributed by atoms with Gasteiger partial charge in [0.15, 0.2) is 0 Å². The highest BCUT2D eigenvalue weighted by molar-refractivity contribution is 5.97. The van der Waals surface area contributed by atoms with E-state index in [0.29, 0.717) is 54.1 Å². The predicted molar refractivity (Wildman–Crippen MR) is 116 cm³/mol. The first-order valence-electron chi connectivity index (χ1n) is 10.3. The second-order valence-electron chi connectivity index (χ2n) is 7.64. The number of fused-ring (bicyclic) bond motifs is 1. The zero-order chi connectivity index (χ0) is 21.4. The highest BCUT2D eigenvalue weighted by Crippen LogP contribution is 2.32. The van der Waals surface area contributed by atoms with Crippen LogP contribution in [0.3, 0.4) is 0 Å². The number of morpholine rings is 1. The summed E-state index contributed by atoms with van der Waals surface area (Å²) in [7, 11) is 0. The lowest BCUT2D eigenvalue weighted by molar-refractivity contribution is 0.0945. The van der Waals surface area contributed by atoms with E-state index >= 15 is 0 Å². The fraction of sp³-hybridized carbons (Fsp3) is 0.261. The summed E-state index contributed by atoms with van der Waals surface area (Å²) < 4.78 is 20.1. The van der Waals surface area contributed by atoms with Crippen LogP contribution in [0.4, 0.5) is 15.9 Å². The maximum atomic E-state index is 14.7. The van der Waals surface area contributed by atoms with E-state index in [9.17, 15) is 9.18 Å². The number of hydrogen-bond acceptors (Lipinski definition) is 6. The Hall–Kier alpha value is -3.52. The lowest BCUT2D eigenvalue weighted by atomic mass is 9.98. The normalized spacial score (nSPS) is 16.0. The molecule has 4 heterocycles. The van der Waals surface area contributed by atoms with Gasteiger partial charge >= 0.3 is 0 Å². The van der Waals surface area contributed by atoms with Crippen LogP contribution in [-0.4, -0.2) is 48.7 Å². The third-order valence-electron chi connectivity index (χ3n) is 5.75. The Morgan fingerprint density at radius 3 is 2.61 bits per heavy atom. The van der Waals surface area contributed by atoms with Gasteiger partial charge in [0.25, 0.3) is 5.91 Å². The van der Waals surface area contributed by atoms with Gasteiger partial charge in [-0.1, -0.05) is 12.1 Å². The Bertz CT molecular complexity index is 1140. The van der Waals surface area contributed by atoms with Crippen molar-refractivity contribution in [2.45, 2.75) is 6.42 Å². The van der Waals surface area contributed by atoms with Crippen molar-refractivity contribution in [1.82, 2.24) is 15.3 Å². The van der Waals surface area contributed by atoms with Gasteiger partial charge in [-0.25, -0.2) is 4.98 Å². The zero-order valence-corrected chi connectivity index (χ0v) is 16.9. The monoisotopic (exact) mass is 419 g/mol. The van der Waals surface area contributed by atoms with Crippen molar-refractivity contribution in [2.75, 3.05) is 43.5 Å². The molecule has 2 aromatic heterocycles. The highest BCUT2D eigenvalue weighted by Gasteiger charge is 2.20. The van der Waals surface area contributed by atoms with Crippen LogP contribution in [0.5, 0.6) is 0 Å². The number of nitrogens with two attached hydrogens (primary N) is 1. The number of nitrogen functional groups attached to an aromatic ring is 1. The van der Waals surface area contributed by atoms with Crippen molar-refractivity contribution in [3.8, 4) is 22.4 Å². The summed E-state index contributed by atoms with van der Waals surface area (Å²) in [5.74, 6) is -0.692. The van der Waals surface area contributed by atoms with Crippen LogP contribution in [0.1, 0.15) is 15.9 Å². The molecule has 2 aliphatic rings. The van der Waals surface area contributed by atoms with Crippen LogP contribution >= 0.6 is 0 Å². The lowest BCUT2D eigenvalue weighted by Gasteiger charge is -2.28. The molecule has 3 N–H and O–H groups in total. The highest BCUT2D eigenvalue weighted by atomic mass is 19.1. The summed E-state index contributed by atoms with van der Waals surface area (Å²) in [6, 6.07) is 11.2. The predicted octanol–water partition coefficient (Wildman–Crippen LogP) is 2.65. The van der Waals surface area contributed by atoms with Crippen molar-refractivity contribution in [3.05, 3.63) is 59.7 Å². The third kappa shape index (κ3) is 3.70. The number of hydrogen-bond donors (Lipinski definition) is 2. The first-order chi connectivity index (χ1) is 15.1. The molecule has 158 valence electrons. The van der Waals surface area contributed by atoms with Crippen LogP contribution in [0.2, 0.25) is 0 Å². The molecule has 1 aromatic carbocycles. The molecule has 0 radical (unpaired) electrons. The Labute approximate surface area is 179 Å². The molecule has 1 amide bonds. The molecule has 3 aromatic rings. The first kappa shape index (κ1) is 19.4. The van der Waals surface area contributed by atoms with Gasteiger partial charge in [0.1, 0.15) is 5.82 Å². The molecular formula is C23H22FN5O2. The van der Waals surface area contributed by atoms with Gasteiger partial charge in [0.05, 0.1) is 24.5 Å². The maximum absolute atomic E-state index is 14.7. The summed E-state index contributed by atoms with van der Waals surface area (Å²) in [4.78, 5) is 22.5. The average molecular weight is 419 g/mol. The number of anilines is 2. The van der Waals surface area contributed by atoms with E-state index in [1.165, 1.54) is 0 Å². The number of pyridine rings is 2. The Kier molecular flexibility index (Phi) is 4.99. The van der Waals surface area contributed by atoms with Gasteiger partial charge in [-0.2, -0.15) is 4.39 Å². The molecule has 0 bridgehead atoms. The molecule has 0 saturated carbocycles. The maximum Gasteiger partial charge on any atom is 0.253 e. The number of amides is 1. The number of nitrogens with zero attached hydrogens (tertiary/aromatic N) is 3. The smallest absolute Gasteiger partial charge is 0.253 e. The zero-order valence-electron chi connectivity index (χ0n) is 16.9. The summed E-state index contributed by atoms with van der Waals surface area (Å²) in [5.41, 5.74) is 10.7. The van der Waals surface area contributed by atoms with E-state index in [-0.39, 0.29) is 11.7 Å². The minimum atomic E-state index is -0.627. The van der Waals surface area contributed by atoms with Crippen LogP contribution < -0.4 is 16.0 Å². The molecular weight excluding hydrogens is 397 g/mol. The van der Waals surface area contributed by atoms with Gasteiger partial charge in [0, 0.05) is 42.6 Å². The quantitative estimate of drug-likeness (QED) is 0.634. The molecule has 0 spiro atoms. The summed E-state index contributed by atoms with van der Waals surface area (Å²) in [6.07, 6.45) is 2.25. The second-order valence-corrected chi connectivity index (χ2v) is 7.64. The number of rotatable bonds is 3. The minimum Gasteiger partial charge on any atom is -0.383 e. The van der Waals surface area contributed by atoms with Gasteiger partial charge in [-0.05, 0) is 41.8 Å². The molecule has 7 nitrogen and oxygen atoms in total. The van der Waals surface area contributed by atoms with Crippen molar-refractivity contribution < 1.29 is 13.9 Å². The summed E-state index contributed by atoms with van der Waals surface area (Å²) >= 11 is 0. The Morgan fingerprint density at radius 1 is 1.06 bits per heavy atom. The molecule has 2 aliphatic heterocycles. The number of halogens is 1. The molecule has 8 heteroatoms. The molecule has 5 rings (SSSR count). The van der Waals surface area contributed by atoms with E-state index in [1.54, 1.807) is 12.3 Å². The molecule has 0 atom stereocenters. The summed E-state index contributed by atoms with van der Waals surface area (Å²) in [6.45, 7) is 3.66. The molecule has 0 aliphatic carbocycles. The van der Waals surface area contributed by atoms with Crippen LogP contribution in [-0.2, 0) is 11.2 Å². The van der Waals surface area contributed by atoms with Crippen molar-refractivity contribution in [3.63, 3.8) is 0 Å². The van der Waals surface area contributed by atoms with E-state index in [0.717, 1.165) is 24.3 Å². The van der Waals surface area contributed by atoms with E-state index in [4.69, 9.17) is 10.5 Å². The molecule has 1 saturated heterocycles. The minimum absolute atomic E-state index is 0.0684. The SMILES string of the molecule is Nc1nc(F)c(-c2ccc(N3CCOCC3)cc2)cc1-c1cc2c(cn1)C(=O)NCC2. The van der Waals surface area contributed by atoms with Gasteiger partial charge in [-0.15, -0.1) is 0 Å². The number of benzene rings is 1. The van der Waals surface area contributed by atoms with Gasteiger partial charge < -0.3 is 20.7 Å².